The Bertz CT molecular complexity index is 254. The molecule has 2 N–H and O–H groups in total. The SMILES string of the molecule is C=CC(CC(=O)O)(C(=O)O)C1CC1. The van der Waals surface area contributed by atoms with Crippen molar-refractivity contribution in [1.82, 2.24) is 0 Å². The Kier molecular flexibility index (Phi) is 2.40. The average Bonchev–Trinajstić information content (AvgIpc) is 2.81. The Morgan fingerprint density at radius 2 is 2.00 bits per heavy atom. The molecule has 1 unspecified atom stereocenters. The third-order valence-corrected chi connectivity index (χ3v) is 2.51. The van der Waals surface area contributed by atoms with Crippen molar-refractivity contribution in [3.8, 4) is 0 Å². The second kappa shape index (κ2) is 3.20. The molecule has 1 atom stereocenters. The monoisotopic (exact) mass is 184 g/mol. The van der Waals surface area contributed by atoms with Crippen LogP contribution in [0.4, 0.5) is 0 Å². The van der Waals surface area contributed by atoms with Crippen molar-refractivity contribution in [2.45, 2.75) is 19.3 Å². The van der Waals surface area contributed by atoms with Crippen LogP contribution in [-0.2, 0) is 9.59 Å². The molecular formula is C9H12O4. The maximum absolute atomic E-state index is 10.9. The summed E-state index contributed by atoms with van der Waals surface area (Å²) in [4.78, 5) is 21.4. The molecule has 0 aromatic rings. The van der Waals surface area contributed by atoms with Gasteiger partial charge in [0.15, 0.2) is 0 Å². The Morgan fingerprint density at radius 3 is 2.23 bits per heavy atom. The lowest BCUT2D eigenvalue weighted by atomic mass is 9.79. The van der Waals surface area contributed by atoms with Crippen LogP contribution in [0.2, 0.25) is 0 Å². The average molecular weight is 184 g/mol. The molecule has 4 heteroatoms. The van der Waals surface area contributed by atoms with Crippen LogP contribution in [-0.4, -0.2) is 22.2 Å². The maximum atomic E-state index is 10.9. The van der Waals surface area contributed by atoms with Gasteiger partial charge in [0, 0.05) is 0 Å². The lowest BCUT2D eigenvalue weighted by Gasteiger charge is -2.23. The summed E-state index contributed by atoms with van der Waals surface area (Å²) in [5.74, 6) is -2.21. The van der Waals surface area contributed by atoms with E-state index in [1.165, 1.54) is 6.08 Å². The van der Waals surface area contributed by atoms with Gasteiger partial charge >= 0.3 is 11.9 Å². The number of hydrogen-bond acceptors (Lipinski definition) is 2. The van der Waals surface area contributed by atoms with E-state index in [0.717, 1.165) is 12.8 Å². The Morgan fingerprint density at radius 1 is 1.46 bits per heavy atom. The highest BCUT2D eigenvalue weighted by Gasteiger charge is 2.50. The molecule has 1 saturated carbocycles. The van der Waals surface area contributed by atoms with Crippen LogP contribution in [0.5, 0.6) is 0 Å². The van der Waals surface area contributed by atoms with Gasteiger partial charge in [0.2, 0.25) is 0 Å². The van der Waals surface area contributed by atoms with Crippen LogP contribution in [0.1, 0.15) is 19.3 Å². The minimum Gasteiger partial charge on any atom is -0.481 e. The number of carboxylic acid groups (broad SMARTS) is 2. The summed E-state index contributed by atoms with van der Waals surface area (Å²) in [5.41, 5.74) is -1.24. The minimum absolute atomic E-state index is 0.0430. The second-order valence-electron chi connectivity index (χ2n) is 3.39. The highest BCUT2D eigenvalue weighted by Crippen LogP contribution is 2.48. The topological polar surface area (TPSA) is 74.6 Å². The Labute approximate surface area is 75.9 Å². The molecule has 1 fully saturated rings. The van der Waals surface area contributed by atoms with E-state index in [1.54, 1.807) is 0 Å². The third-order valence-electron chi connectivity index (χ3n) is 2.51. The molecule has 1 rings (SSSR count). The molecule has 13 heavy (non-hydrogen) atoms. The first-order valence-electron chi connectivity index (χ1n) is 4.11. The summed E-state index contributed by atoms with van der Waals surface area (Å²) < 4.78 is 0. The summed E-state index contributed by atoms with van der Waals surface area (Å²) in [5, 5.41) is 17.5. The van der Waals surface area contributed by atoms with E-state index in [9.17, 15) is 9.59 Å². The molecule has 0 aliphatic heterocycles. The molecule has 72 valence electrons. The molecule has 0 spiro atoms. The number of aliphatic carboxylic acids is 2. The van der Waals surface area contributed by atoms with E-state index in [2.05, 4.69) is 6.58 Å². The molecule has 0 amide bonds. The molecule has 1 aliphatic carbocycles. The first-order valence-corrected chi connectivity index (χ1v) is 4.11. The summed E-state index contributed by atoms with van der Waals surface area (Å²) in [6.07, 6.45) is 2.47. The molecule has 0 saturated heterocycles. The van der Waals surface area contributed by atoms with Crippen LogP contribution >= 0.6 is 0 Å². The van der Waals surface area contributed by atoms with Gasteiger partial charge in [-0.3, -0.25) is 9.59 Å². The molecule has 1 aliphatic rings. The van der Waals surface area contributed by atoms with Crippen LogP contribution in [0.3, 0.4) is 0 Å². The lowest BCUT2D eigenvalue weighted by molar-refractivity contribution is -0.153. The van der Waals surface area contributed by atoms with Crippen molar-refractivity contribution < 1.29 is 19.8 Å². The zero-order valence-corrected chi connectivity index (χ0v) is 7.19. The van der Waals surface area contributed by atoms with E-state index in [0.29, 0.717) is 0 Å². The fraction of sp³-hybridized carbons (Fsp3) is 0.556. The van der Waals surface area contributed by atoms with Gasteiger partial charge < -0.3 is 10.2 Å². The minimum atomic E-state index is -1.24. The largest absolute Gasteiger partial charge is 0.481 e. The highest BCUT2D eigenvalue weighted by molar-refractivity contribution is 5.84. The van der Waals surface area contributed by atoms with Crippen molar-refractivity contribution >= 4 is 11.9 Å². The van der Waals surface area contributed by atoms with Gasteiger partial charge in [-0.2, -0.15) is 0 Å². The first kappa shape index (κ1) is 9.77. The standard InChI is InChI=1S/C9H12O4/c1-2-9(8(12)13,5-7(10)11)6-3-4-6/h2,6H,1,3-5H2,(H,10,11)(H,12,13). The van der Waals surface area contributed by atoms with Gasteiger partial charge in [0.25, 0.3) is 0 Å². The van der Waals surface area contributed by atoms with Crippen LogP contribution < -0.4 is 0 Å². The molecule has 0 bridgehead atoms. The van der Waals surface area contributed by atoms with Crippen LogP contribution in [0.25, 0.3) is 0 Å². The molecular weight excluding hydrogens is 172 g/mol. The fourth-order valence-corrected chi connectivity index (χ4v) is 1.57. The summed E-state index contributed by atoms with van der Waals surface area (Å²) in [7, 11) is 0. The van der Waals surface area contributed by atoms with Crippen LogP contribution in [0.15, 0.2) is 12.7 Å². The molecule has 0 aromatic carbocycles. The normalized spacial score (nSPS) is 20.3. The van der Waals surface area contributed by atoms with E-state index in [4.69, 9.17) is 10.2 Å². The van der Waals surface area contributed by atoms with Gasteiger partial charge in [0.05, 0.1) is 11.8 Å². The molecule has 0 radical (unpaired) electrons. The van der Waals surface area contributed by atoms with E-state index >= 15 is 0 Å². The highest BCUT2D eigenvalue weighted by atomic mass is 16.4. The third kappa shape index (κ3) is 1.71. The van der Waals surface area contributed by atoms with Crippen molar-refractivity contribution in [3.63, 3.8) is 0 Å². The predicted octanol–water partition coefficient (Wildman–Crippen LogP) is 1.13. The number of hydrogen-bond donors (Lipinski definition) is 2. The van der Waals surface area contributed by atoms with Crippen molar-refractivity contribution in [3.05, 3.63) is 12.7 Å². The van der Waals surface area contributed by atoms with Gasteiger partial charge in [-0.15, -0.1) is 6.58 Å². The van der Waals surface area contributed by atoms with E-state index < -0.39 is 17.4 Å². The van der Waals surface area contributed by atoms with Gasteiger partial charge in [-0.25, -0.2) is 0 Å². The van der Waals surface area contributed by atoms with Crippen molar-refractivity contribution in [1.29, 1.82) is 0 Å². The fourth-order valence-electron chi connectivity index (χ4n) is 1.57. The lowest BCUT2D eigenvalue weighted by Crippen LogP contribution is -2.33. The zero-order valence-electron chi connectivity index (χ0n) is 7.19. The van der Waals surface area contributed by atoms with Gasteiger partial charge in [0.1, 0.15) is 0 Å². The summed E-state index contributed by atoms with van der Waals surface area (Å²) in [6, 6.07) is 0. The Balaban J connectivity index is 2.88. The predicted molar refractivity (Wildman–Crippen MR) is 45.2 cm³/mol. The molecule has 4 nitrogen and oxygen atoms in total. The quantitative estimate of drug-likeness (QED) is 0.628. The van der Waals surface area contributed by atoms with Crippen LogP contribution in [0, 0.1) is 11.3 Å². The Hall–Kier alpha value is -1.32. The molecule has 0 aromatic heterocycles. The first-order chi connectivity index (χ1) is 6.03. The van der Waals surface area contributed by atoms with Gasteiger partial charge in [-0.1, -0.05) is 6.08 Å². The maximum Gasteiger partial charge on any atom is 0.314 e. The van der Waals surface area contributed by atoms with E-state index in [1.807, 2.05) is 0 Å². The van der Waals surface area contributed by atoms with Gasteiger partial charge in [-0.05, 0) is 18.8 Å². The van der Waals surface area contributed by atoms with Crippen molar-refractivity contribution in [2.24, 2.45) is 11.3 Å². The molecule has 0 heterocycles. The number of carbonyl (C=O) groups is 2. The number of rotatable bonds is 5. The second-order valence-corrected chi connectivity index (χ2v) is 3.39. The number of carboxylic acids is 2. The zero-order chi connectivity index (χ0) is 10.1. The summed E-state index contributed by atoms with van der Waals surface area (Å²) >= 11 is 0. The van der Waals surface area contributed by atoms with Crippen molar-refractivity contribution in [2.75, 3.05) is 0 Å². The summed E-state index contributed by atoms with van der Waals surface area (Å²) in [6.45, 7) is 3.42. The van der Waals surface area contributed by atoms with E-state index in [-0.39, 0.29) is 12.3 Å². The smallest absolute Gasteiger partial charge is 0.314 e.